The van der Waals surface area contributed by atoms with E-state index in [4.69, 9.17) is 14.6 Å². The maximum atomic E-state index is 11.6. The van der Waals surface area contributed by atoms with Crippen molar-refractivity contribution in [2.24, 2.45) is 5.92 Å². The Morgan fingerprint density at radius 3 is 2.41 bits per heavy atom. The Labute approximate surface area is 220 Å². The molecule has 3 aromatic rings. The van der Waals surface area contributed by atoms with Gasteiger partial charge < -0.3 is 24.5 Å². The first-order chi connectivity index (χ1) is 17.3. The van der Waals surface area contributed by atoms with Crippen molar-refractivity contribution in [2.45, 2.75) is 59.0 Å². The van der Waals surface area contributed by atoms with Crippen LogP contribution in [-0.4, -0.2) is 65.8 Å². The summed E-state index contributed by atoms with van der Waals surface area (Å²) in [6.45, 7) is 14.2. The number of fused-ring (bicyclic) bond motifs is 1. The fourth-order valence-electron chi connectivity index (χ4n) is 2.88. The molecule has 1 amide bonds. The summed E-state index contributed by atoms with van der Waals surface area (Å²) in [7, 11) is -3.22. The van der Waals surface area contributed by atoms with Gasteiger partial charge in [-0.2, -0.15) is 0 Å². The van der Waals surface area contributed by atoms with Crippen molar-refractivity contribution in [2.75, 3.05) is 26.0 Å². The molecule has 1 atom stereocenters. The monoisotopic (exact) mass is 536 g/mol. The second-order valence-electron chi connectivity index (χ2n) is 9.00. The van der Waals surface area contributed by atoms with Gasteiger partial charge in [0.1, 0.15) is 17.7 Å². The second kappa shape index (κ2) is 14.5. The molecule has 0 spiro atoms. The number of rotatable bonds is 7. The molecule has 11 heteroatoms. The number of hydrogen-bond acceptors (Lipinski definition) is 8. The lowest BCUT2D eigenvalue weighted by Gasteiger charge is -2.20. The lowest BCUT2D eigenvalue weighted by atomic mass is 10.2. The molecule has 3 rings (SSSR count). The zero-order valence-electron chi connectivity index (χ0n) is 23.0. The first kappa shape index (κ1) is 31.8. The quantitative estimate of drug-likeness (QED) is 0.454. The average Bonchev–Trinajstić information content (AvgIpc) is 3.26. The molecule has 0 saturated heterocycles. The first-order valence-electron chi connectivity index (χ1n) is 12.2. The molecular formula is C26H40N4O6S. The number of amides is 1. The Morgan fingerprint density at radius 2 is 1.84 bits per heavy atom. The summed E-state index contributed by atoms with van der Waals surface area (Å²) in [6.07, 6.45) is 4.04. The molecule has 0 bridgehead atoms. The molecule has 206 valence electrons. The average molecular weight is 537 g/mol. The number of aromatic nitrogens is 3. The second-order valence-corrected chi connectivity index (χ2v) is 11.0. The third-order valence-corrected chi connectivity index (χ3v) is 5.67. The van der Waals surface area contributed by atoms with Gasteiger partial charge >= 0.3 is 6.09 Å². The van der Waals surface area contributed by atoms with Crippen molar-refractivity contribution >= 4 is 26.8 Å². The number of nitrogens with one attached hydrogen (secondary N) is 1. The van der Waals surface area contributed by atoms with Gasteiger partial charge in [-0.15, -0.1) is 0 Å². The number of nitrogens with zero attached hydrogens (tertiary/aromatic N) is 3. The van der Waals surface area contributed by atoms with Crippen LogP contribution in [0.4, 0.5) is 4.79 Å². The number of benzene rings is 1. The molecule has 1 aromatic carbocycles. The lowest BCUT2D eigenvalue weighted by molar-refractivity contribution is 0.0515. The van der Waals surface area contributed by atoms with Crippen LogP contribution in [0.15, 0.2) is 47.8 Å². The Kier molecular flexibility index (Phi) is 12.5. The van der Waals surface area contributed by atoms with Gasteiger partial charge in [-0.1, -0.05) is 20.8 Å². The van der Waals surface area contributed by atoms with Gasteiger partial charge in [0.25, 0.3) is 0 Å². The van der Waals surface area contributed by atoms with Crippen LogP contribution >= 0.6 is 0 Å². The number of hydrogen-bond donors (Lipinski definition) is 2. The summed E-state index contributed by atoms with van der Waals surface area (Å²) in [5.41, 5.74) is 0.403. The zero-order chi connectivity index (χ0) is 28.2. The highest BCUT2D eigenvalue weighted by atomic mass is 32.2. The van der Waals surface area contributed by atoms with Crippen LogP contribution in [0.3, 0.4) is 0 Å². The van der Waals surface area contributed by atoms with E-state index in [2.05, 4.69) is 15.3 Å². The zero-order valence-corrected chi connectivity index (χ0v) is 23.8. The van der Waals surface area contributed by atoms with E-state index in [-0.39, 0.29) is 12.5 Å². The molecule has 37 heavy (non-hydrogen) atoms. The Hall–Kier alpha value is -3.18. The van der Waals surface area contributed by atoms with Gasteiger partial charge in [0, 0.05) is 37.1 Å². The molecule has 1 unspecified atom stereocenters. The molecule has 0 aliphatic carbocycles. The predicted octanol–water partition coefficient (Wildman–Crippen LogP) is 4.39. The minimum atomic E-state index is -3.22. The number of carbonyl (C=O) groups excluding carboxylic acids is 1. The SMILES string of the molecule is CC.CC(CO)CNC(=O)OC(C)(C)C.CCOc1cc(-n2ccc3cc(S(C)(=O)=O)ccc32)ncn1. The van der Waals surface area contributed by atoms with Crippen molar-refractivity contribution < 1.29 is 27.8 Å². The van der Waals surface area contributed by atoms with Gasteiger partial charge in [-0.05, 0) is 57.9 Å². The highest BCUT2D eigenvalue weighted by Gasteiger charge is 2.16. The summed E-state index contributed by atoms with van der Waals surface area (Å²) in [5, 5.41) is 12.1. The Morgan fingerprint density at radius 1 is 1.16 bits per heavy atom. The van der Waals surface area contributed by atoms with Crippen LogP contribution < -0.4 is 10.1 Å². The molecule has 10 nitrogen and oxygen atoms in total. The van der Waals surface area contributed by atoms with Gasteiger partial charge in [0.2, 0.25) is 5.88 Å². The number of sulfone groups is 1. The minimum absolute atomic E-state index is 0.0625. The maximum Gasteiger partial charge on any atom is 0.407 e. The summed E-state index contributed by atoms with van der Waals surface area (Å²) in [6, 6.07) is 8.62. The van der Waals surface area contributed by atoms with Gasteiger partial charge in [-0.25, -0.2) is 23.2 Å². The maximum absolute atomic E-state index is 11.6. The van der Waals surface area contributed by atoms with Crippen LogP contribution in [0.25, 0.3) is 16.7 Å². The van der Waals surface area contributed by atoms with E-state index in [1.807, 2.05) is 65.3 Å². The van der Waals surface area contributed by atoms with Crippen LogP contribution in [0.2, 0.25) is 0 Å². The van der Waals surface area contributed by atoms with Gasteiger partial charge in [0.05, 0.1) is 17.0 Å². The van der Waals surface area contributed by atoms with Gasteiger partial charge in [-0.3, -0.25) is 0 Å². The number of aliphatic hydroxyl groups is 1. The largest absolute Gasteiger partial charge is 0.478 e. The normalized spacial score (nSPS) is 11.9. The van der Waals surface area contributed by atoms with Crippen molar-refractivity contribution in [1.82, 2.24) is 19.9 Å². The predicted molar refractivity (Wildman–Crippen MR) is 145 cm³/mol. The smallest absolute Gasteiger partial charge is 0.407 e. The molecule has 0 aliphatic rings. The number of carbonyl (C=O) groups is 1. The number of alkyl carbamates (subject to hydrolysis) is 1. The third-order valence-electron chi connectivity index (χ3n) is 4.56. The Bertz CT molecular complexity index is 1240. The van der Waals surface area contributed by atoms with E-state index in [1.54, 1.807) is 24.3 Å². The van der Waals surface area contributed by atoms with E-state index in [9.17, 15) is 13.2 Å². The fraction of sp³-hybridized carbons (Fsp3) is 0.500. The van der Waals surface area contributed by atoms with Crippen LogP contribution in [0.5, 0.6) is 5.88 Å². The van der Waals surface area contributed by atoms with Gasteiger partial charge in [0.15, 0.2) is 9.84 Å². The van der Waals surface area contributed by atoms with Crippen molar-refractivity contribution in [1.29, 1.82) is 0 Å². The number of ether oxygens (including phenoxy) is 2. The molecule has 0 aliphatic heterocycles. The summed E-state index contributed by atoms with van der Waals surface area (Å²) >= 11 is 0. The summed E-state index contributed by atoms with van der Waals surface area (Å²) in [5.74, 6) is 1.23. The molecule has 0 fully saturated rings. The van der Waals surface area contributed by atoms with Crippen molar-refractivity contribution in [3.8, 4) is 11.7 Å². The topological polar surface area (TPSA) is 133 Å². The minimum Gasteiger partial charge on any atom is -0.478 e. The third kappa shape index (κ3) is 10.8. The molecule has 2 N–H and O–H groups in total. The molecule has 0 saturated carbocycles. The molecular weight excluding hydrogens is 496 g/mol. The van der Waals surface area contributed by atoms with E-state index in [0.717, 1.165) is 10.9 Å². The van der Waals surface area contributed by atoms with Crippen molar-refractivity contribution in [3.05, 3.63) is 42.9 Å². The Balaban J connectivity index is 0.000000394. The standard InChI is InChI=1S/C15H15N3O3S.C9H19NO3.C2H6/c1-3-21-15-9-14(16-10-17-15)18-7-6-11-8-12(22(2,19)20)4-5-13(11)18;1-7(6-11)5-10-8(12)13-9(2,3)4;1-2/h4-10H,3H2,1-2H3;7,11H,5-6H2,1-4H3,(H,10,12);1-2H3. The molecule has 2 aromatic heterocycles. The fourth-order valence-corrected chi connectivity index (χ4v) is 3.53. The first-order valence-corrected chi connectivity index (χ1v) is 14.1. The van der Waals surface area contributed by atoms with Crippen molar-refractivity contribution in [3.63, 3.8) is 0 Å². The van der Waals surface area contributed by atoms with E-state index in [1.165, 1.54) is 12.6 Å². The summed E-state index contributed by atoms with van der Waals surface area (Å²) in [4.78, 5) is 19.6. The highest BCUT2D eigenvalue weighted by molar-refractivity contribution is 7.90. The van der Waals surface area contributed by atoms with Crippen LogP contribution in [-0.2, 0) is 14.6 Å². The van der Waals surface area contributed by atoms with Crippen LogP contribution in [0.1, 0.15) is 48.5 Å². The van der Waals surface area contributed by atoms with Crippen LogP contribution in [0, 0.1) is 5.92 Å². The molecule has 2 heterocycles. The summed E-state index contributed by atoms with van der Waals surface area (Å²) < 4.78 is 35.5. The number of aliphatic hydroxyl groups excluding tert-OH is 1. The van der Waals surface area contributed by atoms with E-state index >= 15 is 0 Å². The van der Waals surface area contributed by atoms with E-state index < -0.39 is 21.5 Å². The van der Waals surface area contributed by atoms with E-state index in [0.29, 0.717) is 29.7 Å². The lowest BCUT2D eigenvalue weighted by Crippen LogP contribution is -2.35. The molecule has 0 radical (unpaired) electrons. The highest BCUT2D eigenvalue weighted by Crippen LogP contribution is 2.23.